The quantitative estimate of drug-likeness (QED) is 0.129. The van der Waals surface area contributed by atoms with Crippen LogP contribution >= 0.6 is 62.3 Å². The van der Waals surface area contributed by atoms with Crippen molar-refractivity contribution in [3.8, 4) is 34.3 Å². The van der Waals surface area contributed by atoms with Gasteiger partial charge in [0.2, 0.25) is 0 Å². The number of hydrogen-bond acceptors (Lipinski definition) is 8. The molecule has 0 radical (unpaired) electrons. The Balaban J connectivity index is 0.000000201. The van der Waals surface area contributed by atoms with Gasteiger partial charge in [-0.05, 0) is 86.6 Å². The molecule has 0 fully saturated rings. The molecule has 0 saturated carbocycles. The second-order valence-electron chi connectivity index (χ2n) is 11.0. The fourth-order valence-electron chi connectivity index (χ4n) is 4.33. The number of aromatic hydroxyl groups is 1. The van der Waals surface area contributed by atoms with Crippen molar-refractivity contribution in [2.75, 3.05) is 26.2 Å². The average molecular weight is 839 g/mol. The molecular formula is C36H33BrCl4N4O6. The lowest BCUT2D eigenvalue weighted by atomic mass is 10.1. The number of aromatic amines is 2. The Bertz CT molecular complexity index is 2250. The van der Waals surface area contributed by atoms with Crippen molar-refractivity contribution in [2.24, 2.45) is 0 Å². The lowest BCUT2D eigenvalue weighted by molar-refractivity contribution is 0.0718. The van der Waals surface area contributed by atoms with Gasteiger partial charge in [-0.25, -0.2) is 9.97 Å². The number of fused-ring (bicyclic) bond motifs is 2. The van der Waals surface area contributed by atoms with Gasteiger partial charge < -0.3 is 29.3 Å². The Morgan fingerprint density at radius 1 is 0.686 bits per heavy atom. The molecule has 268 valence electrons. The molecule has 10 nitrogen and oxygen atoms in total. The summed E-state index contributed by atoms with van der Waals surface area (Å²) in [6.45, 7) is 4.27. The fraction of sp³-hybridized carbons (Fsp3) is 0.222. The van der Waals surface area contributed by atoms with E-state index in [1.165, 1.54) is 12.1 Å². The van der Waals surface area contributed by atoms with Gasteiger partial charge in [0.15, 0.2) is 0 Å². The van der Waals surface area contributed by atoms with E-state index >= 15 is 0 Å². The fourth-order valence-corrected chi connectivity index (χ4v) is 5.28. The lowest BCUT2D eigenvalue weighted by Crippen LogP contribution is -2.16. The Hall–Kier alpha value is -3.68. The zero-order chi connectivity index (χ0) is 37.2. The first-order chi connectivity index (χ1) is 24.3. The highest BCUT2D eigenvalue weighted by atomic mass is 79.9. The maximum Gasteiger partial charge on any atom is 0.259 e. The van der Waals surface area contributed by atoms with Crippen LogP contribution in [-0.4, -0.2) is 63.4 Å². The van der Waals surface area contributed by atoms with Gasteiger partial charge >= 0.3 is 0 Å². The van der Waals surface area contributed by atoms with E-state index in [2.05, 4.69) is 35.9 Å². The lowest BCUT2D eigenvalue weighted by Gasteiger charge is -2.15. The van der Waals surface area contributed by atoms with Crippen LogP contribution in [0.5, 0.6) is 11.5 Å². The number of benzene rings is 4. The smallest absolute Gasteiger partial charge is 0.259 e. The Labute approximate surface area is 321 Å². The summed E-state index contributed by atoms with van der Waals surface area (Å²) < 4.78 is 15.8. The topological polar surface area (TPSA) is 139 Å². The van der Waals surface area contributed by atoms with E-state index in [4.69, 9.17) is 60.6 Å². The third-order valence-corrected chi connectivity index (χ3v) is 9.09. The molecule has 2 heterocycles. The zero-order valence-electron chi connectivity index (χ0n) is 27.8. The molecule has 4 aromatic carbocycles. The van der Waals surface area contributed by atoms with Crippen LogP contribution in [0, 0.1) is 0 Å². The molecule has 0 bridgehead atoms. The van der Waals surface area contributed by atoms with Gasteiger partial charge in [-0.2, -0.15) is 0 Å². The first kappa shape index (κ1) is 40.1. The van der Waals surface area contributed by atoms with E-state index in [1.807, 2.05) is 13.8 Å². The van der Waals surface area contributed by atoms with Crippen LogP contribution in [0.15, 0.2) is 82.4 Å². The monoisotopic (exact) mass is 836 g/mol. The number of nitrogens with zero attached hydrogens (tertiary/aromatic N) is 2. The normalized spacial score (nSPS) is 12.0. The maximum atomic E-state index is 12.4. The minimum atomic E-state index is -0.327. The summed E-state index contributed by atoms with van der Waals surface area (Å²) in [5.41, 5.74) is 1.40. The molecule has 0 amide bonds. The molecule has 2 atom stereocenters. The minimum absolute atomic E-state index is 0.00846. The highest BCUT2D eigenvalue weighted by Crippen LogP contribution is 2.32. The molecule has 3 N–H and O–H groups in total. The molecule has 15 heteroatoms. The number of halogens is 5. The zero-order valence-corrected chi connectivity index (χ0v) is 32.4. The summed E-state index contributed by atoms with van der Waals surface area (Å²) in [6.07, 6.45) is 0.277. The van der Waals surface area contributed by atoms with Crippen LogP contribution in [0.3, 0.4) is 0 Å². The van der Waals surface area contributed by atoms with Crippen molar-refractivity contribution in [1.29, 1.82) is 0 Å². The van der Waals surface area contributed by atoms with Crippen LogP contribution < -0.4 is 15.9 Å². The van der Waals surface area contributed by atoms with Crippen molar-refractivity contribution in [3.63, 3.8) is 0 Å². The number of ether oxygens (including phenoxy) is 3. The van der Waals surface area contributed by atoms with Gasteiger partial charge in [0.25, 0.3) is 11.1 Å². The average Bonchev–Trinajstić information content (AvgIpc) is 3.12. The third kappa shape index (κ3) is 10.9. The number of hydrogen-bond donors (Lipinski definition) is 3. The molecule has 0 saturated heterocycles. The van der Waals surface area contributed by atoms with Gasteiger partial charge in [0, 0.05) is 39.6 Å². The Morgan fingerprint density at radius 2 is 1.14 bits per heavy atom. The largest absolute Gasteiger partial charge is 0.507 e. The predicted octanol–water partition coefficient (Wildman–Crippen LogP) is 9.33. The highest BCUT2D eigenvalue weighted by molar-refractivity contribution is 9.09. The van der Waals surface area contributed by atoms with Crippen molar-refractivity contribution in [3.05, 3.63) is 114 Å². The van der Waals surface area contributed by atoms with Gasteiger partial charge in [-0.1, -0.05) is 62.3 Å². The molecule has 2 unspecified atom stereocenters. The number of H-pyrrole nitrogens is 2. The van der Waals surface area contributed by atoms with Crippen molar-refractivity contribution >= 4 is 84.1 Å². The molecule has 0 aliphatic heterocycles. The van der Waals surface area contributed by atoms with Gasteiger partial charge in [0.05, 0.1) is 45.1 Å². The molecule has 0 aliphatic carbocycles. The molecule has 6 rings (SSSR count). The number of rotatable bonds is 8. The molecular weight excluding hydrogens is 806 g/mol. The maximum absolute atomic E-state index is 12.4. The van der Waals surface area contributed by atoms with Gasteiger partial charge in [0.1, 0.15) is 29.8 Å². The summed E-state index contributed by atoms with van der Waals surface area (Å²) in [6, 6.07) is 19.5. The summed E-state index contributed by atoms with van der Waals surface area (Å²) in [4.78, 5) is 38.7. The number of alkyl halides is 1. The standard InChI is InChI=1S/C18H16Cl2N2O3.C14H8Cl2N2O2.C4H9BrO/c1-10(24-2)9-25-16-6-4-12(20)8-14(16)17-21-15-5-3-11(19)7-13(15)18(23)22-17;15-7-1-3-11-9(5-7)14(20)18-13(17-11)10-6-8(16)2-4-12(10)19;1-4(3-5)6-2/h3-8,10H,9H2,1-2H3,(H,21,22,23);1-6,19H,(H,17,18,20);4H,3H2,1-2H3. The molecule has 6 aromatic rings. The molecule has 51 heavy (non-hydrogen) atoms. The summed E-state index contributed by atoms with van der Waals surface area (Å²) >= 11 is 27.1. The highest BCUT2D eigenvalue weighted by Gasteiger charge is 2.14. The summed E-state index contributed by atoms with van der Waals surface area (Å²) in [5.74, 6) is 1.18. The van der Waals surface area contributed by atoms with Gasteiger partial charge in [-0.3, -0.25) is 9.59 Å². The number of methoxy groups -OCH3 is 2. The summed E-state index contributed by atoms with van der Waals surface area (Å²) in [5, 5.41) is 13.5. The van der Waals surface area contributed by atoms with E-state index in [0.29, 0.717) is 77.3 Å². The number of aromatic nitrogens is 4. The third-order valence-electron chi connectivity index (χ3n) is 7.24. The van der Waals surface area contributed by atoms with Crippen molar-refractivity contribution in [1.82, 2.24) is 19.9 Å². The van der Waals surface area contributed by atoms with Crippen LogP contribution in [0.1, 0.15) is 13.8 Å². The van der Waals surface area contributed by atoms with Crippen LogP contribution in [-0.2, 0) is 9.47 Å². The molecule has 2 aromatic heterocycles. The first-order valence-corrected chi connectivity index (χ1v) is 17.9. The first-order valence-electron chi connectivity index (χ1n) is 15.3. The number of nitrogens with one attached hydrogen (secondary N) is 2. The van der Waals surface area contributed by atoms with Crippen molar-refractivity contribution in [2.45, 2.75) is 26.1 Å². The van der Waals surface area contributed by atoms with Crippen LogP contribution in [0.2, 0.25) is 20.1 Å². The molecule has 0 spiro atoms. The molecule has 0 aliphatic rings. The second-order valence-corrected chi connectivity index (χ2v) is 13.4. The summed E-state index contributed by atoms with van der Waals surface area (Å²) in [7, 11) is 3.32. The van der Waals surface area contributed by atoms with E-state index < -0.39 is 0 Å². The minimum Gasteiger partial charge on any atom is -0.507 e. The Kier molecular flexibility index (Phi) is 14.7. The van der Waals surface area contributed by atoms with Crippen LogP contribution in [0.25, 0.3) is 44.6 Å². The second kappa shape index (κ2) is 18.7. The van der Waals surface area contributed by atoms with E-state index in [-0.39, 0.29) is 28.8 Å². The van der Waals surface area contributed by atoms with Gasteiger partial charge in [-0.15, -0.1) is 0 Å². The Morgan fingerprint density at radius 3 is 1.63 bits per heavy atom. The number of phenols is 1. The van der Waals surface area contributed by atoms with E-state index in [9.17, 15) is 14.7 Å². The van der Waals surface area contributed by atoms with Crippen LogP contribution in [0.4, 0.5) is 0 Å². The number of phenolic OH excluding ortho intramolecular Hbond substituents is 1. The SMILES string of the molecule is COC(C)CBr.COC(C)COc1ccc(Cl)cc1-c1nc2ccc(Cl)cc2c(=O)[nH]1.O=c1[nH]c(-c2cc(Cl)ccc2O)nc2ccc(Cl)cc12. The van der Waals surface area contributed by atoms with E-state index in [0.717, 1.165) is 5.33 Å². The van der Waals surface area contributed by atoms with E-state index in [1.54, 1.807) is 74.9 Å². The van der Waals surface area contributed by atoms with Crippen molar-refractivity contribution < 1.29 is 19.3 Å². The predicted molar refractivity (Wildman–Crippen MR) is 210 cm³/mol.